The van der Waals surface area contributed by atoms with Gasteiger partial charge in [-0.25, -0.2) is 0 Å². The molecule has 0 atom stereocenters. The van der Waals surface area contributed by atoms with E-state index in [4.69, 9.17) is 0 Å². The highest BCUT2D eigenvalue weighted by Gasteiger charge is 2.15. The molecule has 2 aliphatic carbocycles. The molecule has 2 aliphatic rings. The molecule has 0 radical (unpaired) electrons. The molecule has 1 nitrogen and oxygen atoms in total. The topological polar surface area (TPSA) is 12.0 Å². The van der Waals surface area contributed by atoms with Crippen LogP contribution >= 0.6 is 0 Å². The van der Waals surface area contributed by atoms with E-state index in [0.717, 1.165) is 12.0 Å². The molecule has 0 aromatic rings. The number of hydrogen-bond donors (Lipinski definition) is 1. The summed E-state index contributed by atoms with van der Waals surface area (Å²) in [5, 5.41) is 3.75. The third-order valence-corrected chi connectivity index (χ3v) is 4.30. The minimum absolute atomic E-state index is 0.863. The average Bonchev–Trinajstić information content (AvgIpc) is 2.79. The molecular weight excluding hydrogens is 182 g/mol. The smallest absolute Gasteiger partial charge is 0.00670 e. The van der Waals surface area contributed by atoms with Crippen molar-refractivity contribution in [1.82, 2.24) is 5.32 Å². The zero-order valence-electron chi connectivity index (χ0n) is 10.1. The van der Waals surface area contributed by atoms with Gasteiger partial charge in [0, 0.05) is 6.04 Å². The first kappa shape index (κ1) is 11.4. The van der Waals surface area contributed by atoms with E-state index in [0.29, 0.717) is 0 Å². The van der Waals surface area contributed by atoms with Crippen LogP contribution in [0.3, 0.4) is 0 Å². The first-order valence-electron chi connectivity index (χ1n) is 7.18. The monoisotopic (exact) mass is 209 g/mol. The molecular formula is C14H27N. The quantitative estimate of drug-likeness (QED) is 0.678. The highest BCUT2D eigenvalue weighted by atomic mass is 14.9. The molecule has 0 aliphatic heterocycles. The highest BCUT2D eigenvalue weighted by Crippen LogP contribution is 2.28. The summed E-state index contributed by atoms with van der Waals surface area (Å²) in [6, 6.07) is 0.863. The first-order valence-corrected chi connectivity index (χ1v) is 7.18. The fourth-order valence-electron chi connectivity index (χ4n) is 3.30. The van der Waals surface area contributed by atoms with Crippen LogP contribution in [-0.4, -0.2) is 12.6 Å². The van der Waals surface area contributed by atoms with Crippen LogP contribution in [0.5, 0.6) is 0 Å². The van der Waals surface area contributed by atoms with E-state index < -0.39 is 0 Å². The van der Waals surface area contributed by atoms with E-state index >= 15 is 0 Å². The third kappa shape index (κ3) is 4.14. The lowest BCUT2D eigenvalue weighted by Crippen LogP contribution is -2.31. The van der Waals surface area contributed by atoms with Crippen LogP contribution in [0.2, 0.25) is 0 Å². The largest absolute Gasteiger partial charge is 0.314 e. The van der Waals surface area contributed by atoms with Crippen molar-refractivity contribution in [2.75, 3.05) is 6.54 Å². The van der Waals surface area contributed by atoms with Crippen LogP contribution in [0.15, 0.2) is 0 Å². The summed E-state index contributed by atoms with van der Waals surface area (Å²) in [5.74, 6) is 1.08. The Bertz CT molecular complexity index is 155. The van der Waals surface area contributed by atoms with Crippen molar-refractivity contribution in [1.29, 1.82) is 0 Å². The first-order chi connectivity index (χ1) is 7.45. The Morgan fingerprint density at radius 3 is 2.20 bits per heavy atom. The molecule has 0 unspecified atom stereocenters. The summed E-state index contributed by atoms with van der Waals surface area (Å²) in [5.41, 5.74) is 0. The van der Waals surface area contributed by atoms with Gasteiger partial charge in [0.2, 0.25) is 0 Å². The Morgan fingerprint density at radius 1 is 0.800 bits per heavy atom. The van der Waals surface area contributed by atoms with Gasteiger partial charge in [0.1, 0.15) is 0 Å². The molecule has 0 saturated heterocycles. The lowest BCUT2D eigenvalue weighted by molar-refractivity contribution is 0.363. The summed E-state index contributed by atoms with van der Waals surface area (Å²) < 4.78 is 0. The zero-order valence-corrected chi connectivity index (χ0v) is 10.1. The minimum Gasteiger partial charge on any atom is -0.314 e. The van der Waals surface area contributed by atoms with E-state index in [9.17, 15) is 0 Å². The van der Waals surface area contributed by atoms with Crippen molar-refractivity contribution >= 4 is 0 Å². The zero-order chi connectivity index (χ0) is 10.3. The molecule has 88 valence electrons. The predicted molar refractivity (Wildman–Crippen MR) is 66.1 cm³/mol. The van der Waals surface area contributed by atoms with Gasteiger partial charge in [-0.15, -0.1) is 0 Å². The second-order valence-corrected chi connectivity index (χ2v) is 5.58. The Balaban J connectivity index is 1.47. The SMILES string of the molecule is C1CCC(NCCCC2CCCC2)CC1. The summed E-state index contributed by atoms with van der Waals surface area (Å²) >= 11 is 0. The second kappa shape index (κ2) is 6.52. The van der Waals surface area contributed by atoms with E-state index in [-0.39, 0.29) is 0 Å². The lowest BCUT2D eigenvalue weighted by atomic mass is 9.95. The van der Waals surface area contributed by atoms with Gasteiger partial charge in [0.05, 0.1) is 0 Å². The lowest BCUT2D eigenvalue weighted by Gasteiger charge is -2.23. The van der Waals surface area contributed by atoms with Gasteiger partial charge < -0.3 is 5.32 Å². The van der Waals surface area contributed by atoms with Crippen molar-refractivity contribution in [2.24, 2.45) is 5.92 Å². The van der Waals surface area contributed by atoms with Crippen LogP contribution in [0.25, 0.3) is 0 Å². The third-order valence-electron chi connectivity index (χ3n) is 4.30. The number of rotatable bonds is 5. The maximum atomic E-state index is 3.75. The van der Waals surface area contributed by atoms with Crippen LogP contribution in [0.1, 0.15) is 70.6 Å². The second-order valence-electron chi connectivity index (χ2n) is 5.58. The molecule has 0 aromatic carbocycles. The normalized spacial score (nSPS) is 24.8. The molecule has 2 fully saturated rings. The van der Waals surface area contributed by atoms with Crippen LogP contribution in [0.4, 0.5) is 0 Å². The predicted octanol–water partition coefficient (Wildman–Crippen LogP) is 3.88. The molecule has 0 aromatic heterocycles. The summed E-state index contributed by atoms with van der Waals surface area (Å²) in [6.07, 6.45) is 16.2. The van der Waals surface area contributed by atoms with E-state index in [1.165, 1.54) is 77.2 Å². The van der Waals surface area contributed by atoms with Crippen LogP contribution in [0, 0.1) is 5.92 Å². The highest BCUT2D eigenvalue weighted by molar-refractivity contribution is 4.72. The van der Waals surface area contributed by atoms with Crippen molar-refractivity contribution < 1.29 is 0 Å². The fraction of sp³-hybridized carbons (Fsp3) is 1.00. The van der Waals surface area contributed by atoms with Crippen molar-refractivity contribution in [2.45, 2.75) is 76.7 Å². The van der Waals surface area contributed by atoms with Gasteiger partial charge in [0.15, 0.2) is 0 Å². The summed E-state index contributed by atoms with van der Waals surface area (Å²) in [7, 11) is 0. The van der Waals surface area contributed by atoms with Crippen molar-refractivity contribution in [3.05, 3.63) is 0 Å². The number of nitrogens with one attached hydrogen (secondary N) is 1. The van der Waals surface area contributed by atoms with Crippen molar-refractivity contribution in [3.63, 3.8) is 0 Å². The average molecular weight is 209 g/mol. The van der Waals surface area contributed by atoms with Gasteiger partial charge in [-0.3, -0.25) is 0 Å². The van der Waals surface area contributed by atoms with Gasteiger partial charge in [-0.2, -0.15) is 0 Å². The standard InChI is InChI=1S/C14H27N/c1-2-10-14(11-3-1)15-12-6-9-13-7-4-5-8-13/h13-15H,1-12H2. The molecule has 0 bridgehead atoms. The molecule has 0 amide bonds. The molecule has 1 heteroatoms. The van der Waals surface area contributed by atoms with Crippen LogP contribution < -0.4 is 5.32 Å². The Morgan fingerprint density at radius 2 is 1.47 bits per heavy atom. The van der Waals surface area contributed by atoms with E-state index in [2.05, 4.69) is 5.32 Å². The fourth-order valence-corrected chi connectivity index (χ4v) is 3.30. The molecule has 0 heterocycles. The maximum Gasteiger partial charge on any atom is 0.00670 e. The van der Waals surface area contributed by atoms with Gasteiger partial charge >= 0.3 is 0 Å². The van der Waals surface area contributed by atoms with Gasteiger partial charge in [-0.05, 0) is 38.1 Å². The van der Waals surface area contributed by atoms with Gasteiger partial charge in [0.25, 0.3) is 0 Å². The van der Waals surface area contributed by atoms with Crippen LogP contribution in [-0.2, 0) is 0 Å². The Labute approximate surface area is 95.0 Å². The maximum absolute atomic E-state index is 3.75. The summed E-state index contributed by atoms with van der Waals surface area (Å²) in [6.45, 7) is 1.28. The molecule has 0 spiro atoms. The van der Waals surface area contributed by atoms with Crippen molar-refractivity contribution in [3.8, 4) is 0 Å². The Kier molecular flexibility index (Phi) is 4.98. The molecule has 2 rings (SSSR count). The van der Waals surface area contributed by atoms with E-state index in [1.807, 2.05) is 0 Å². The molecule has 2 saturated carbocycles. The van der Waals surface area contributed by atoms with Gasteiger partial charge in [-0.1, -0.05) is 44.9 Å². The van der Waals surface area contributed by atoms with E-state index in [1.54, 1.807) is 0 Å². The summed E-state index contributed by atoms with van der Waals surface area (Å²) in [4.78, 5) is 0. The Hall–Kier alpha value is -0.0400. The molecule has 1 N–H and O–H groups in total. The number of hydrogen-bond acceptors (Lipinski definition) is 1. The molecule has 15 heavy (non-hydrogen) atoms. The minimum atomic E-state index is 0.863.